The van der Waals surface area contributed by atoms with E-state index in [0.717, 1.165) is 61.1 Å². The van der Waals surface area contributed by atoms with Gasteiger partial charge in [-0.05, 0) is 73.9 Å². The molecule has 2 aliphatic carbocycles. The molecule has 6 heteroatoms. The minimum atomic E-state index is -0.304. The number of fused-ring (bicyclic) bond motifs is 2. The Morgan fingerprint density at radius 3 is 1.41 bits per heavy atom. The number of rotatable bonds is 4. The summed E-state index contributed by atoms with van der Waals surface area (Å²) in [5.74, 6) is -0.608. The summed E-state index contributed by atoms with van der Waals surface area (Å²) in [6.07, 6.45) is 5.78. The summed E-state index contributed by atoms with van der Waals surface area (Å²) in [7, 11) is 0. The van der Waals surface area contributed by atoms with Crippen molar-refractivity contribution in [3.05, 3.63) is 106 Å². The van der Waals surface area contributed by atoms with Crippen LogP contribution >= 0.6 is 0 Å². The van der Waals surface area contributed by atoms with Crippen LogP contribution in [0.2, 0.25) is 0 Å². The maximum Gasteiger partial charge on any atom is 0.271 e. The molecule has 0 saturated heterocycles. The summed E-state index contributed by atoms with van der Waals surface area (Å²) in [6, 6.07) is 22.8. The van der Waals surface area contributed by atoms with Crippen LogP contribution in [-0.4, -0.2) is 23.2 Å². The van der Waals surface area contributed by atoms with Gasteiger partial charge in [-0.15, -0.1) is 0 Å². The molecule has 0 atom stereocenters. The lowest BCUT2D eigenvalue weighted by atomic mass is 9.90. The van der Waals surface area contributed by atoms with E-state index in [2.05, 4.69) is 33.2 Å². The quantitative estimate of drug-likeness (QED) is 0.568. The third kappa shape index (κ3) is 4.66. The highest BCUT2D eigenvalue weighted by atomic mass is 16.2. The molecule has 5 rings (SSSR count). The maximum absolute atomic E-state index is 12.6. The van der Waals surface area contributed by atoms with Gasteiger partial charge in [-0.25, -0.2) is 10.9 Å². The van der Waals surface area contributed by atoms with Crippen LogP contribution in [-0.2, 0) is 12.8 Å². The number of nitrogens with zero attached hydrogens (tertiary/aromatic N) is 2. The van der Waals surface area contributed by atoms with Crippen molar-refractivity contribution < 1.29 is 9.59 Å². The van der Waals surface area contributed by atoms with Gasteiger partial charge >= 0.3 is 0 Å². The van der Waals surface area contributed by atoms with Gasteiger partial charge in [0.05, 0.1) is 11.4 Å². The van der Waals surface area contributed by atoms with Gasteiger partial charge in [-0.2, -0.15) is 10.2 Å². The van der Waals surface area contributed by atoms with Crippen LogP contribution in [0.25, 0.3) is 0 Å². The molecule has 3 aromatic carbocycles. The fraction of sp³-hybridized carbons (Fsp3) is 0.214. The van der Waals surface area contributed by atoms with Crippen LogP contribution in [0.5, 0.6) is 0 Å². The lowest BCUT2D eigenvalue weighted by Gasteiger charge is -2.17. The third-order valence-electron chi connectivity index (χ3n) is 6.37. The zero-order valence-corrected chi connectivity index (χ0v) is 18.9. The molecule has 2 amide bonds. The van der Waals surface area contributed by atoms with Crippen LogP contribution in [0.4, 0.5) is 0 Å². The van der Waals surface area contributed by atoms with Gasteiger partial charge in [0.15, 0.2) is 0 Å². The first kappa shape index (κ1) is 21.8. The summed E-state index contributed by atoms with van der Waals surface area (Å²) in [5, 5.41) is 8.76. The first-order chi connectivity index (χ1) is 16.7. The van der Waals surface area contributed by atoms with E-state index in [4.69, 9.17) is 0 Å². The zero-order chi connectivity index (χ0) is 23.3. The van der Waals surface area contributed by atoms with E-state index in [1.807, 2.05) is 36.4 Å². The van der Waals surface area contributed by atoms with Gasteiger partial charge in [0.2, 0.25) is 0 Å². The van der Waals surface area contributed by atoms with Gasteiger partial charge in [0.1, 0.15) is 0 Å². The number of aryl methyl sites for hydroxylation is 2. The van der Waals surface area contributed by atoms with Gasteiger partial charge < -0.3 is 0 Å². The molecule has 0 aromatic heterocycles. The number of hydrazone groups is 2. The molecule has 0 aliphatic heterocycles. The molecule has 0 radical (unpaired) electrons. The Bertz CT molecular complexity index is 1190. The van der Waals surface area contributed by atoms with E-state index in [1.165, 1.54) is 11.1 Å². The van der Waals surface area contributed by atoms with Crippen molar-refractivity contribution in [1.82, 2.24) is 10.9 Å². The molecule has 6 nitrogen and oxygen atoms in total. The molecule has 3 aromatic rings. The van der Waals surface area contributed by atoms with Gasteiger partial charge in [-0.3, -0.25) is 9.59 Å². The summed E-state index contributed by atoms with van der Waals surface area (Å²) < 4.78 is 0. The summed E-state index contributed by atoms with van der Waals surface area (Å²) in [5.41, 5.74) is 12.7. The van der Waals surface area contributed by atoms with E-state index < -0.39 is 0 Å². The largest absolute Gasteiger partial charge is 0.271 e. The van der Waals surface area contributed by atoms with Crippen molar-refractivity contribution >= 4 is 23.2 Å². The molecule has 2 N–H and O–H groups in total. The normalized spacial score (nSPS) is 17.1. The predicted octanol–water partition coefficient (Wildman–Crippen LogP) is 4.63. The minimum absolute atomic E-state index is 0.304. The van der Waals surface area contributed by atoms with Crippen LogP contribution in [0.15, 0.2) is 83.0 Å². The molecule has 170 valence electrons. The monoisotopic (exact) mass is 450 g/mol. The first-order valence-electron chi connectivity index (χ1n) is 11.7. The number of hydrogen-bond acceptors (Lipinski definition) is 4. The zero-order valence-electron chi connectivity index (χ0n) is 18.9. The smallest absolute Gasteiger partial charge is 0.267 e. The lowest BCUT2D eigenvalue weighted by Crippen LogP contribution is -2.23. The second-order valence-corrected chi connectivity index (χ2v) is 8.60. The molecule has 0 fully saturated rings. The highest BCUT2D eigenvalue weighted by molar-refractivity contribution is 6.05. The van der Waals surface area contributed by atoms with Crippen LogP contribution in [0.1, 0.15) is 68.7 Å². The number of nitrogens with one attached hydrogen (secondary N) is 2. The molecule has 0 unspecified atom stereocenters. The first-order valence-corrected chi connectivity index (χ1v) is 11.7. The van der Waals surface area contributed by atoms with Gasteiger partial charge in [-0.1, -0.05) is 48.5 Å². The number of amides is 2. The number of hydrogen-bond donors (Lipinski definition) is 2. The van der Waals surface area contributed by atoms with Crippen molar-refractivity contribution in [1.29, 1.82) is 0 Å². The predicted molar refractivity (Wildman–Crippen MR) is 133 cm³/mol. The molecule has 0 bridgehead atoms. The van der Waals surface area contributed by atoms with Crippen LogP contribution in [0, 0.1) is 0 Å². The standard InChI is InChI=1S/C28H26N4O2/c33-27(31-29-25-13-5-9-19-7-1-3-11-23(19)25)21-15-17-22(18-16-21)28(34)32-30-26-14-6-10-20-8-2-4-12-24(20)26/h1-4,7-8,11-12,15-18H,5-6,9-10,13-14H2,(H,31,33)(H,32,34)/b29-25-,30-26-. The average Bonchev–Trinajstić information content (AvgIpc) is 2.90. The van der Waals surface area contributed by atoms with Gasteiger partial charge in [0.25, 0.3) is 11.8 Å². The third-order valence-corrected chi connectivity index (χ3v) is 6.37. The minimum Gasteiger partial charge on any atom is -0.267 e. The number of carbonyl (C=O) groups is 2. The van der Waals surface area contributed by atoms with Crippen LogP contribution < -0.4 is 10.9 Å². The Kier molecular flexibility index (Phi) is 6.29. The molecular weight excluding hydrogens is 424 g/mol. The van der Waals surface area contributed by atoms with Gasteiger partial charge in [0, 0.05) is 22.3 Å². The second-order valence-electron chi connectivity index (χ2n) is 8.60. The molecule has 0 spiro atoms. The molecule has 0 saturated carbocycles. The SMILES string of the molecule is O=C(N/N=C1/CCCc2ccccc21)c1ccc(C(=O)N/N=C2/CCCc3ccccc32)cc1. The highest BCUT2D eigenvalue weighted by Crippen LogP contribution is 2.22. The summed E-state index contributed by atoms with van der Waals surface area (Å²) >= 11 is 0. The summed E-state index contributed by atoms with van der Waals surface area (Å²) in [6.45, 7) is 0. The van der Waals surface area contributed by atoms with Crippen molar-refractivity contribution in [2.75, 3.05) is 0 Å². The van der Waals surface area contributed by atoms with Crippen molar-refractivity contribution in [3.63, 3.8) is 0 Å². The lowest BCUT2D eigenvalue weighted by molar-refractivity contribution is 0.0943. The van der Waals surface area contributed by atoms with E-state index in [-0.39, 0.29) is 11.8 Å². The van der Waals surface area contributed by atoms with Crippen molar-refractivity contribution in [2.24, 2.45) is 10.2 Å². The van der Waals surface area contributed by atoms with E-state index in [0.29, 0.717) is 11.1 Å². The average molecular weight is 451 g/mol. The Morgan fingerprint density at radius 2 is 0.971 bits per heavy atom. The Labute approximate surface area is 198 Å². The van der Waals surface area contributed by atoms with E-state index in [9.17, 15) is 9.59 Å². The summed E-state index contributed by atoms with van der Waals surface area (Å²) in [4.78, 5) is 25.2. The molecule has 2 aliphatic rings. The second kappa shape index (κ2) is 9.83. The highest BCUT2D eigenvalue weighted by Gasteiger charge is 2.17. The van der Waals surface area contributed by atoms with E-state index in [1.54, 1.807) is 24.3 Å². The number of carbonyl (C=O) groups excluding carboxylic acids is 2. The van der Waals surface area contributed by atoms with E-state index >= 15 is 0 Å². The van der Waals surface area contributed by atoms with Crippen molar-refractivity contribution in [3.8, 4) is 0 Å². The number of benzene rings is 3. The Balaban J connectivity index is 1.23. The maximum atomic E-state index is 12.6. The van der Waals surface area contributed by atoms with Crippen LogP contribution in [0.3, 0.4) is 0 Å². The van der Waals surface area contributed by atoms with Crippen molar-refractivity contribution in [2.45, 2.75) is 38.5 Å². The fourth-order valence-electron chi connectivity index (χ4n) is 4.57. The Hall–Kier alpha value is -4.06. The molecular formula is C28H26N4O2. The molecule has 0 heterocycles. The molecule has 34 heavy (non-hydrogen) atoms. The Morgan fingerprint density at radius 1 is 0.559 bits per heavy atom. The topological polar surface area (TPSA) is 82.9 Å². The fourth-order valence-corrected chi connectivity index (χ4v) is 4.57.